The van der Waals surface area contributed by atoms with Crippen LogP contribution in [-0.2, 0) is 15.1 Å². The van der Waals surface area contributed by atoms with Gasteiger partial charge in [0.25, 0.3) is 0 Å². The molecule has 0 saturated carbocycles. The number of rotatable bonds is 6. The average Bonchev–Trinajstić information content (AvgIpc) is 2.45. The number of benzene rings is 1. The lowest BCUT2D eigenvalue weighted by atomic mass is 9.91. The second-order valence-electron chi connectivity index (χ2n) is 6.35. The van der Waals surface area contributed by atoms with E-state index in [4.69, 9.17) is 0 Å². The Hall–Kier alpha value is -2.10. The fourth-order valence-corrected chi connectivity index (χ4v) is 2.19. The summed E-state index contributed by atoms with van der Waals surface area (Å²) in [5, 5.41) is 2.96. The monoisotopic (exact) mass is 302 g/mol. The summed E-state index contributed by atoms with van der Waals surface area (Å²) < 4.78 is 0. The minimum absolute atomic E-state index is 0.0123. The highest BCUT2D eigenvalue weighted by Crippen LogP contribution is 2.23. The molecule has 0 spiro atoms. The summed E-state index contributed by atoms with van der Waals surface area (Å²) >= 11 is 0. The SMILES string of the molecule is C=CC(=O)N(C)CC(=O)NC(C)(C)c1ccc(C(C)C)cc1. The van der Waals surface area contributed by atoms with Gasteiger partial charge in [-0.15, -0.1) is 0 Å². The number of carbonyl (C=O) groups excluding carboxylic acids is 2. The molecule has 0 aliphatic carbocycles. The number of nitrogens with one attached hydrogen (secondary N) is 1. The minimum Gasteiger partial charge on any atom is -0.346 e. The van der Waals surface area contributed by atoms with E-state index >= 15 is 0 Å². The zero-order valence-electron chi connectivity index (χ0n) is 14.1. The van der Waals surface area contributed by atoms with Gasteiger partial charge in [0, 0.05) is 7.05 Å². The van der Waals surface area contributed by atoms with Crippen LogP contribution in [-0.4, -0.2) is 30.3 Å². The van der Waals surface area contributed by atoms with Gasteiger partial charge in [-0.2, -0.15) is 0 Å². The molecule has 0 radical (unpaired) electrons. The van der Waals surface area contributed by atoms with Crippen molar-refractivity contribution in [2.24, 2.45) is 0 Å². The van der Waals surface area contributed by atoms with Crippen molar-refractivity contribution >= 4 is 11.8 Å². The minimum atomic E-state index is -0.495. The first kappa shape index (κ1) is 18.0. The fourth-order valence-electron chi connectivity index (χ4n) is 2.19. The number of nitrogens with zero attached hydrogens (tertiary/aromatic N) is 1. The highest BCUT2D eigenvalue weighted by atomic mass is 16.2. The Morgan fingerprint density at radius 1 is 1.27 bits per heavy atom. The molecule has 0 fully saturated rings. The highest BCUT2D eigenvalue weighted by molar-refractivity contribution is 5.90. The largest absolute Gasteiger partial charge is 0.346 e. The van der Waals surface area contributed by atoms with Crippen molar-refractivity contribution in [1.82, 2.24) is 10.2 Å². The van der Waals surface area contributed by atoms with Crippen LogP contribution in [0.3, 0.4) is 0 Å². The summed E-state index contributed by atoms with van der Waals surface area (Å²) in [5.41, 5.74) is 1.80. The third kappa shape index (κ3) is 4.72. The van der Waals surface area contributed by atoms with Crippen molar-refractivity contribution in [3.05, 3.63) is 48.0 Å². The van der Waals surface area contributed by atoms with Crippen molar-refractivity contribution < 1.29 is 9.59 Å². The maximum Gasteiger partial charge on any atom is 0.246 e. The summed E-state index contributed by atoms with van der Waals surface area (Å²) in [5.74, 6) is 0.00944. The van der Waals surface area contributed by atoms with E-state index in [1.165, 1.54) is 16.5 Å². The van der Waals surface area contributed by atoms with Crippen molar-refractivity contribution in [3.63, 3.8) is 0 Å². The maximum atomic E-state index is 12.1. The average molecular weight is 302 g/mol. The number of likely N-dealkylation sites (N-methyl/N-ethyl adjacent to an activating group) is 1. The molecule has 0 bridgehead atoms. The maximum absolute atomic E-state index is 12.1. The molecule has 0 saturated heterocycles. The van der Waals surface area contributed by atoms with Crippen molar-refractivity contribution in [2.75, 3.05) is 13.6 Å². The van der Waals surface area contributed by atoms with Crippen LogP contribution in [0.5, 0.6) is 0 Å². The van der Waals surface area contributed by atoms with Gasteiger partial charge in [-0.25, -0.2) is 0 Å². The third-order valence-electron chi connectivity index (χ3n) is 3.68. The molecule has 4 nitrogen and oxygen atoms in total. The van der Waals surface area contributed by atoms with Crippen LogP contribution < -0.4 is 5.32 Å². The van der Waals surface area contributed by atoms with Gasteiger partial charge in [0.2, 0.25) is 11.8 Å². The quantitative estimate of drug-likeness (QED) is 0.822. The van der Waals surface area contributed by atoms with Crippen LogP contribution in [0, 0.1) is 0 Å². The molecule has 2 amide bonds. The Labute approximate surface area is 133 Å². The Kier molecular flexibility index (Phi) is 5.92. The van der Waals surface area contributed by atoms with Crippen molar-refractivity contribution in [2.45, 2.75) is 39.2 Å². The fraction of sp³-hybridized carbons (Fsp3) is 0.444. The van der Waals surface area contributed by atoms with Gasteiger partial charge in [-0.3, -0.25) is 9.59 Å². The van der Waals surface area contributed by atoms with Crippen LogP contribution >= 0.6 is 0 Å². The topological polar surface area (TPSA) is 49.4 Å². The normalized spacial score (nSPS) is 11.2. The van der Waals surface area contributed by atoms with E-state index < -0.39 is 5.54 Å². The molecule has 0 atom stereocenters. The van der Waals surface area contributed by atoms with Crippen LogP contribution in [0.15, 0.2) is 36.9 Å². The first-order chi connectivity index (χ1) is 10.2. The predicted octanol–water partition coefficient (Wildman–Crippen LogP) is 2.81. The van der Waals surface area contributed by atoms with Crippen LogP contribution in [0.25, 0.3) is 0 Å². The van der Waals surface area contributed by atoms with E-state index in [2.05, 4.69) is 37.9 Å². The molecule has 0 unspecified atom stereocenters. The summed E-state index contributed by atoms with van der Waals surface area (Å²) in [6, 6.07) is 8.24. The van der Waals surface area contributed by atoms with Crippen molar-refractivity contribution in [3.8, 4) is 0 Å². The van der Waals surface area contributed by atoms with E-state index in [0.717, 1.165) is 5.56 Å². The van der Waals surface area contributed by atoms with E-state index in [0.29, 0.717) is 5.92 Å². The molecule has 1 N–H and O–H groups in total. The smallest absolute Gasteiger partial charge is 0.246 e. The highest BCUT2D eigenvalue weighted by Gasteiger charge is 2.23. The Balaban J connectivity index is 2.75. The number of hydrogen-bond donors (Lipinski definition) is 1. The molecular weight excluding hydrogens is 276 g/mol. The summed E-state index contributed by atoms with van der Waals surface area (Å²) in [4.78, 5) is 24.8. The van der Waals surface area contributed by atoms with Gasteiger partial charge in [0.05, 0.1) is 12.1 Å². The molecule has 0 aliphatic rings. The van der Waals surface area contributed by atoms with Crippen molar-refractivity contribution in [1.29, 1.82) is 0 Å². The van der Waals surface area contributed by atoms with E-state index in [-0.39, 0.29) is 18.4 Å². The molecule has 1 aromatic rings. The van der Waals surface area contributed by atoms with Crippen LogP contribution in [0.2, 0.25) is 0 Å². The molecule has 0 aliphatic heterocycles. The van der Waals surface area contributed by atoms with Crippen LogP contribution in [0.1, 0.15) is 44.7 Å². The molecule has 0 aromatic heterocycles. The second kappa shape index (κ2) is 7.25. The second-order valence-corrected chi connectivity index (χ2v) is 6.35. The lowest BCUT2D eigenvalue weighted by molar-refractivity contribution is -0.132. The Morgan fingerprint density at radius 2 is 1.82 bits per heavy atom. The molecule has 1 aromatic carbocycles. The van der Waals surface area contributed by atoms with Gasteiger partial charge in [0.1, 0.15) is 0 Å². The lowest BCUT2D eigenvalue weighted by Crippen LogP contribution is -2.46. The third-order valence-corrected chi connectivity index (χ3v) is 3.68. The van der Waals surface area contributed by atoms with E-state index in [1.54, 1.807) is 7.05 Å². The summed E-state index contributed by atoms with van der Waals surface area (Å²) in [6.07, 6.45) is 1.20. The zero-order chi connectivity index (χ0) is 16.9. The number of carbonyl (C=O) groups is 2. The lowest BCUT2D eigenvalue weighted by Gasteiger charge is -2.28. The summed E-state index contributed by atoms with van der Waals surface area (Å²) in [7, 11) is 1.58. The Bertz CT molecular complexity index is 545. The number of hydrogen-bond acceptors (Lipinski definition) is 2. The molecule has 1 rings (SSSR count). The Morgan fingerprint density at radius 3 is 2.27 bits per heavy atom. The van der Waals surface area contributed by atoms with Gasteiger partial charge in [-0.05, 0) is 37.0 Å². The van der Waals surface area contributed by atoms with Gasteiger partial charge in [-0.1, -0.05) is 44.7 Å². The number of amides is 2. The molecule has 4 heteroatoms. The molecule has 120 valence electrons. The van der Waals surface area contributed by atoms with Crippen LogP contribution in [0.4, 0.5) is 0 Å². The standard InChI is InChI=1S/C18H26N2O2/c1-7-17(22)20(6)12-16(21)19-18(4,5)15-10-8-14(9-11-15)13(2)3/h7-11,13H,1,12H2,2-6H3,(H,19,21). The van der Waals surface area contributed by atoms with Gasteiger partial charge < -0.3 is 10.2 Å². The van der Waals surface area contributed by atoms with Gasteiger partial charge >= 0.3 is 0 Å². The molecule has 0 heterocycles. The molecular formula is C18H26N2O2. The summed E-state index contributed by atoms with van der Waals surface area (Å²) in [6.45, 7) is 11.6. The van der Waals surface area contributed by atoms with Gasteiger partial charge in [0.15, 0.2) is 0 Å². The zero-order valence-corrected chi connectivity index (χ0v) is 14.1. The first-order valence-electron chi connectivity index (χ1n) is 7.46. The van der Waals surface area contributed by atoms with E-state index in [9.17, 15) is 9.59 Å². The first-order valence-corrected chi connectivity index (χ1v) is 7.46. The van der Waals surface area contributed by atoms with E-state index in [1.807, 2.05) is 26.0 Å². The predicted molar refractivity (Wildman–Crippen MR) is 89.5 cm³/mol. The molecule has 22 heavy (non-hydrogen) atoms.